The lowest BCUT2D eigenvalue weighted by Gasteiger charge is -2.47. The monoisotopic (exact) mass is 258 g/mol. The lowest BCUT2D eigenvalue weighted by Crippen LogP contribution is -2.61. The number of hydrogen-bond acceptors (Lipinski definition) is 4. The van der Waals surface area contributed by atoms with Crippen LogP contribution in [0.2, 0.25) is 0 Å². The fraction of sp³-hybridized carbons (Fsp3) is 0.917. The zero-order valence-electron chi connectivity index (χ0n) is 10.9. The highest BCUT2D eigenvalue weighted by Crippen LogP contribution is 2.45. The smallest absolute Gasteiger partial charge is 0.223 e. The van der Waals surface area contributed by atoms with E-state index < -0.39 is 0 Å². The summed E-state index contributed by atoms with van der Waals surface area (Å²) in [6, 6.07) is 0. The van der Waals surface area contributed by atoms with Crippen molar-refractivity contribution in [3.8, 4) is 0 Å². The summed E-state index contributed by atoms with van der Waals surface area (Å²) in [4.78, 5) is 15.9. The van der Waals surface area contributed by atoms with Crippen LogP contribution in [0.15, 0.2) is 0 Å². The summed E-state index contributed by atoms with van der Waals surface area (Å²) in [7, 11) is 5.78. The number of amides is 1. The highest BCUT2D eigenvalue weighted by atomic mass is 32.2. The highest BCUT2D eigenvalue weighted by Gasteiger charge is 2.50. The molecule has 2 aliphatic heterocycles. The van der Waals surface area contributed by atoms with Crippen LogP contribution in [0.25, 0.3) is 0 Å². The molecule has 1 atom stereocenters. The fourth-order valence-corrected chi connectivity index (χ4v) is 4.07. The van der Waals surface area contributed by atoms with Crippen molar-refractivity contribution >= 4 is 17.7 Å². The quantitative estimate of drug-likeness (QED) is 0.742. The number of methoxy groups -OCH3 is 1. The molecule has 0 aromatic heterocycles. The third kappa shape index (κ3) is 2.95. The number of nitrogens with zero attached hydrogens (tertiary/aromatic N) is 2. The first kappa shape index (κ1) is 13.2. The van der Waals surface area contributed by atoms with E-state index in [2.05, 4.69) is 4.90 Å². The van der Waals surface area contributed by atoms with Crippen LogP contribution in [-0.4, -0.2) is 73.2 Å². The van der Waals surface area contributed by atoms with E-state index in [1.54, 1.807) is 7.11 Å². The summed E-state index contributed by atoms with van der Waals surface area (Å²) in [5, 5.41) is 0. The largest absolute Gasteiger partial charge is 0.381 e. The summed E-state index contributed by atoms with van der Waals surface area (Å²) >= 11 is 1.98. The van der Waals surface area contributed by atoms with E-state index in [0.29, 0.717) is 23.2 Å². The second-order valence-corrected chi connectivity index (χ2v) is 6.85. The first-order valence-electron chi connectivity index (χ1n) is 6.14. The Morgan fingerprint density at radius 3 is 2.76 bits per heavy atom. The number of rotatable bonds is 4. The van der Waals surface area contributed by atoms with Crippen molar-refractivity contribution in [2.45, 2.75) is 23.7 Å². The molecule has 2 fully saturated rings. The maximum Gasteiger partial charge on any atom is 0.223 e. The molecule has 0 aliphatic carbocycles. The summed E-state index contributed by atoms with van der Waals surface area (Å²) in [6.07, 6.45) is 2.13. The molecular weight excluding hydrogens is 236 g/mol. The van der Waals surface area contributed by atoms with E-state index in [1.165, 1.54) is 0 Å². The molecule has 0 aromatic rings. The predicted octanol–water partition coefficient (Wildman–Crippen LogP) is 0.671. The van der Waals surface area contributed by atoms with Crippen molar-refractivity contribution in [2.75, 3.05) is 46.6 Å². The number of ether oxygens (including phenoxy) is 1. The second-order valence-electron chi connectivity index (χ2n) is 5.36. The molecule has 2 aliphatic rings. The van der Waals surface area contributed by atoms with Crippen LogP contribution in [0.4, 0.5) is 0 Å². The van der Waals surface area contributed by atoms with Gasteiger partial charge in [0.2, 0.25) is 5.91 Å². The minimum absolute atomic E-state index is 0.297. The van der Waals surface area contributed by atoms with Gasteiger partial charge in [0.25, 0.3) is 0 Å². The number of likely N-dealkylation sites (tertiary alicyclic amines) is 1. The van der Waals surface area contributed by atoms with Crippen LogP contribution in [0.1, 0.15) is 12.8 Å². The summed E-state index contributed by atoms with van der Waals surface area (Å²) < 4.78 is 5.70. The number of carbonyl (C=O) groups excluding carboxylic acids is 1. The summed E-state index contributed by atoms with van der Waals surface area (Å²) in [5.74, 6) is 1.38. The van der Waals surface area contributed by atoms with Gasteiger partial charge in [-0.1, -0.05) is 0 Å². The maximum atomic E-state index is 11.9. The zero-order valence-corrected chi connectivity index (χ0v) is 11.8. The molecule has 0 aromatic carbocycles. The summed E-state index contributed by atoms with van der Waals surface area (Å²) in [5.41, 5.74) is 0. The Kier molecular flexibility index (Phi) is 4.00. The number of hydrogen-bond donors (Lipinski definition) is 0. The Hall–Kier alpha value is -0.260. The van der Waals surface area contributed by atoms with Gasteiger partial charge < -0.3 is 14.5 Å². The molecular formula is C12H22N2O2S. The van der Waals surface area contributed by atoms with Gasteiger partial charge in [0.05, 0.1) is 10.9 Å². The molecule has 98 valence electrons. The van der Waals surface area contributed by atoms with Crippen LogP contribution in [0.3, 0.4) is 0 Å². The number of thioether (sulfide) groups is 1. The minimum atomic E-state index is 0.297. The van der Waals surface area contributed by atoms with Crippen LogP contribution in [0.5, 0.6) is 0 Å². The Labute approximate surface area is 108 Å². The van der Waals surface area contributed by atoms with E-state index >= 15 is 0 Å². The zero-order chi connectivity index (χ0) is 12.5. The van der Waals surface area contributed by atoms with Gasteiger partial charge in [0.1, 0.15) is 0 Å². The Morgan fingerprint density at radius 1 is 1.53 bits per heavy atom. The van der Waals surface area contributed by atoms with Crippen molar-refractivity contribution in [2.24, 2.45) is 0 Å². The fourth-order valence-electron chi connectivity index (χ4n) is 2.48. The molecule has 2 saturated heterocycles. The van der Waals surface area contributed by atoms with Gasteiger partial charge in [0, 0.05) is 38.9 Å². The van der Waals surface area contributed by atoms with Gasteiger partial charge in [-0.05, 0) is 20.5 Å². The average molecular weight is 258 g/mol. The third-order valence-electron chi connectivity index (χ3n) is 3.59. The van der Waals surface area contributed by atoms with Gasteiger partial charge in [-0.25, -0.2) is 0 Å². The Balaban J connectivity index is 1.73. The van der Waals surface area contributed by atoms with Gasteiger partial charge in [-0.3, -0.25) is 4.79 Å². The lowest BCUT2D eigenvalue weighted by molar-refractivity contribution is -0.136. The van der Waals surface area contributed by atoms with E-state index in [9.17, 15) is 4.79 Å². The standard InChI is InChI=1S/C12H22N2O2S/c1-13(2)5-4-11(15)14-8-12(9-14)6-10(16-3)7-17-12/h10H,4-9H2,1-3H3. The SMILES string of the molecule is COC1CSC2(C1)CN(C(=O)CCN(C)C)C2. The molecule has 17 heavy (non-hydrogen) atoms. The predicted molar refractivity (Wildman–Crippen MR) is 70.4 cm³/mol. The van der Waals surface area contributed by atoms with Gasteiger partial charge in [-0.15, -0.1) is 11.8 Å². The molecule has 0 N–H and O–H groups in total. The maximum absolute atomic E-state index is 11.9. The molecule has 1 unspecified atom stereocenters. The molecule has 1 spiro atoms. The molecule has 4 nitrogen and oxygen atoms in total. The van der Waals surface area contributed by atoms with E-state index in [0.717, 1.165) is 31.8 Å². The summed E-state index contributed by atoms with van der Waals surface area (Å²) in [6.45, 7) is 2.68. The second kappa shape index (κ2) is 5.16. The molecule has 2 heterocycles. The van der Waals surface area contributed by atoms with Crippen LogP contribution in [0, 0.1) is 0 Å². The molecule has 0 bridgehead atoms. The average Bonchev–Trinajstić information content (AvgIpc) is 2.68. The van der Waals surface area contributed by atoms with Crippen molar-refractivity contribution in [3.05, 3.63) is 0 Å². The highest BCUT2D eigenvalue weighted by molar-refractivity contribution is 8.01. The van der Waals surface area contributed by atoms with E-state index in [1.807, 2.05) is 30.8 Å². The molecule has 5 heteroatoms. The normalized spacial score (nSPS) is 26.6. The molecule has 0 radical (unpaired) electrons. The van der Waals surface area contributed by atoms with Crippen molar-refractivity contribution in [3.63, 3.8) is 0 Å². The molecule has 1 amide bonds. The Morgan fingerprint density at radius 2 is 2.24 bits per heavy atom. The minimum Gasteiger partial charge on any atom is -0.381 e. The van der Waals surface area contributed by atoms with Crippen LogP contribution in [-0.2, 0) is 9.53 Å². The molecule has 2 rings (SSSR count). The third-order valence-corrected chi connectivity index (χ3v) is 5.17. The van der Waals surface area contributed by atoms with Gasteiger partial charge in [0.15, 0.2) is 0 Å². The van der Waals surface area contributed by atoms with Gasteiger partial charge >= 0.3 is 0 Å². The topological polar surface area (TPSA) is 32.8 Å². The molecule has 0 saturated carbocycles. The van der Waals surface area contributed by atoms with Crippen LogP contribution >= 0.6 is 11.8 Å². The van der Waals surface area contributed by atoms with Gasteiger partial charge in [-0.2, -0.15) is 0 Å². The van der Waals surface area contributed by atoms with Crippen molar-refractivity contribution < 1.29 is 9.53 Å². The van der Waals surface area contributed by atoms with Crippen LogP contribution < -0.4 is 0 Å². The van der Waals surface area contributed by atoms with E-state index in [4.69, 9.17) is 4.74 Å². The first-order chi connectivity index (χ1) is 8.04. The van der Waals surface area contributed by atoms with Crippen molar-refractivity contribution in [1.29, 1.82) is 0 Å². The van der Waals surface area contributed by atoms with E-state index in [-0.39, 0.29) is 0 Å². The first-order valence-corrected chi connectivity index (χ1v) is 7.12. The lowest BCUT2D eigenvalue weighted by atomic mass is 9.92. The Bertz CT molecular complexity index is 290. The number of carbonyl (C=O) groups is 1. The van der Waals surface area contributed by atoms with Crippen molar-refractivity contribution in [1.82, 2.24) is 9.80 Å².